The van der Waals surface area contributed by atoms with Crippen molar-refractivity contribution in [2.75, 3.05) is 6.54 Å². The van der Waals surface area contributed by atoms with Crippen LogP contribution in [0.15, 0.2) is 17.5 Å². The third-order valence-electron chi connectivity index (χ3n) is 3.70. The van der Waals surface area contributed by atoms with Gasteiger partial charge in [0.25, 0.3) is 5.91 Å². The number of rotatable bonds is 2. The van der Waals surface area contributed by atoms with Crippen molar-refractivity contribution >= 4 is 29.1 Å². The van der Waals surface area contributed by atoms with Crippen LogP contribution in [0.1, 0.15) is 23.0 Å². The Morgan fingerprint density at radius 3 is 3.00 bits per heavy atom. The van der Waals surface area contributed by atoms with Crippen LogP contribution >= 0.6 is 11.3 Å². The van der Waals surface area contributed by atoms with Gasteiger partial charge in [-0.25, -0.2) is 0 Å². The Balaban J connectivity index is 1.68. The first-order valence-corrected chi connectivity index (χ1v) is 7.39. The van der Waals surface area contributed by atoms with Crippen molar-refractivity contribution in [3.8, 4) is 0 Å². The minimum Gasteiger partial charge on any atom is -0.347 e. The van der Waals surface area contributed by atoms with Gasteiger partial charge in [-0.1, -0.05) is 6.07 Å². The van der Waals surface area contributed by atoms with E-state index in [-0.39, 0.29) is 23.8 Å². The quantitative estimate of drug-likeness (QED) is 0.803. The van der Waals surface area contributed by atoms with Gasteiger partial charge in [-0.3, -0.25) is 14.4 Å². The summed E-state index contributed by atoms with van der Waals surface area (Å²) in [5, 5.41) is 7.39. The number of hydrogen-bond acceptors (Lipinski definition) is 4. The van der Waals surface area contributed by atoms with E-state index in [0.717, 1.165) is 0 Å². The Labute approximate surface area is 120 Å². The van der Waals surface area contributed by atoms with E-state index in [1.165, 1.54) is 11.3 Å². The minimum absolute atomic E-state index is 0.0810. The molecule has 0 aromatic carbocycles. The third kappa shape index (κ3) is 2.18. The summed E-state index contributed by atoms with van der Waals surface area (Å²) < 4.78 is 0. The second kappa shape index (κ2) is 4.90. The number of fused-ring (bicyclic) bond motifs is 1. The highest BCUT2D eigenvalue weighted by atomic mass is 32.1. The van der Waals surface area contributed by atoms with Crippen LogP contribution in [-0.4, -0.2) is 47.3 Å². The van der Waals surface area contributed by atoms with Crippen LogP contribution in [0.25, 0.3) is 0 Å². The molecule has 0 radical (unpaired) electrons. The number of piperazine rings is 1. The summed E-state index contributed by atoms with van der Waals surface area (Å²) in [5.74, 6) is -0.363. The molecular formula is C13H15N3O3S. The second-order valence-electron chi connectivity index (χ2n) is 5.12. The first kappa shape index (κ1) is 13.1. The maximum absolute atomic E-state index is 12.0. The summed E-state index contributed by atoms with van der Waals surface area (Å²) >= 11 is 1.37. The van der Waals surface area contributed by atoms with Crippen LogP contribution in [0.4, 0.5) is 0 Å². The third-order valence-corrected chi connectivity index (χ3v) is 4.56. The maximum Gasteiger partial charge on any atom is 0.261 e. The molecular weight excluding hydrogens is 278 g/mol. The molecule has 6 nitrogen and oxygen atoms in total. The molecule has 3 rings (SSSR count). The Kier molecular flexibility index (Phi) is 3.21. The molecule has 3 heterocycles. The summed E-state index contributed by atoms with van der Waals surface area (Å²) in [6.07, 6.45) is 0.474. The van der Waals surface area contributed by atoms with Crippen molar-refractivity contribution in [2.45, 2.75) is 31.5 Å². The van der Waals surface area contributed by atoms with Gasteiger partial charge in [0.05, 0.1) is 4.88 Å². The summed E-state index contributed by atoms with van der Waals surface area (Å²) in [7, 11) is 0. The van der Waals surface area contributed by atoms with Crippen molar-refractivity contribution in [3.05, 3.63) is 22.4 Å². The summed E-state index contributed by atoms with van der Waals surface area (Å²) in [5.41, 5.74) is 0. The Hall–Kier alpha value is -1.89. The summed E-state index contributed by atoms with van der Waals surface area (Å²) in [4.78, 5) is 38.1. The van der Waals surface area contributed by atoms with Crippen molar-refractivity contribution in [1.29, 1.82) is 0 Å². The van der Waals surface area contributed by atoms with E-state index in [0.29, 0.717) is 17.8 Å². The van der Waals surface area contributed by atoms with Gasteiger partial charge in [0.15, 0.2) is 0 Å². The highest BCUT2D eigenvalue weighted by Gasteiger charge is 2.45. The van der Waals surface area contributed by atoms with E-state index in [4.69, 9.17) is 0 Å². The Bertz CT molecular complexity index is 557. The fourth-order valence-corrected chi connectivity index (χ4v) is 3.34. The van der Waals surface area contributed by atoms with Crippen molar-refractivity contribution < 1.29 is 14.4 Å². The lowest BCUT2D eigenvalue weighted by atomic mass is 10.1. The monoisotopic (exact) mass is 293 g/mol. The number of thiophene rings is 1. The Morgan fingerprint density at radius 1 is 1.50 bits per heavy atom. The number of nitrogens with zero attached hydrogens (tertiary/aromatic N) is 1. The first-order chi connectivity index (χ1) is 9.56. The first-order valence-electron chi connectivity index (χ1n) is 6.51. The van der Waals surface area contributed by atoms with Gasteiger partial charge in [-0.15, -0.1) is 11.3 Å². The van der Waals surface area contributed by atoms with E-state index < -0.39 is 12.1 Å². The SMILES string of the molecule is C[C@@H]1NC(=O)[C@@H]2C[C@H](NC(=O)c3cccs3)CN2C1=O. The number of carbonyl (C=O) groups is 3. The standard InChI is InChI=1S/C13H15N3O3S/c1-7-13(19)16-6-8(5-9(16)11(17)14-7)15-12(18)10-3-2-4-20-10/h2-4,7-9H,5-6H2,1H3,(H,14,17)(H,15,18)/t7-,8-,9-/m0/s1. The average Bonchev–Trinajstić information content (AvgIpc) is 3.05. The van der Waals surface area contributed by atoms with Crippen LogP contribution in [0.2, 0.25) is 0 Å². The highest BCUT2D eigenvalue weighted by Crippen LogP contribution is 2.23. The normalized spacial score (nSPS) is 29.1. The minimum atomic E-state index is -0.481. The van der Waals surface area contributed by atoms with E-state index in [1.54, 1.807) is 17.9 Å². The molecule has 0 spiro atoms. The zero-order chi connectivity index (χ0) is 14.3. The number of carbonyl (C=O) groups excluding carboxylic acids is 3. The van der Waals surface area contributed by atoms with Crippen molar-refractivity contribution in [2.24, 2.45) is 0 Å². The number of amides is 3. The van der Waals surface area contributed by atoms with Crippen LogP contribution < -0.4 is 10.6 Å². The lowest BCUT2D eigenvalue weighted by Gasteiger charge is -2.32. The van der Waals surface area contributed by atoms with Crippen molar-refractivity contribution in [3.63, 3.8) is 0 Å². The van der Waals surface area contributed by atoms with E-state index in [9.17, 15) is 14.4 Å². The lowest BCUT2D eigenvalue weighted by molar-refractivity contribution is -0.146. The largest absolute Gasteiger partial charge is 0.347 e. The number of hydrogen-bond donors (Lipinski definition) is 2. The predicted molar refractivity (Wildman–Crippen MR) is 73.3 cm³/mol. The molecule has 3 amide bonds. The molecule has 1 aromatic rings. The van der Waals surface area contributed by atoms with Gasteiger partial charge in [0.1, 0.15) is 12.1 Å². The molecule has 3 atom stereocenters. The summed E-state index contributed by atoms with van der Waals surface area (Å²) in [6, 6.07) is 2.46. The highest BCUT2D eigenvalue weighted by molar-refractivity contribution is 7.12. The molecule has 0 aliphatic carbocycles. The molecule has 1 aromatic heterocycles. The van der Waals surface area contributed by atoms with E-state index in [1.807, 2.05) is 11.4 Å². The Morgan fingerprint density at radius 2 is 2.30 bits per heavy atom. The topological polar surface area (TPSA) is 78.5 Å². The molecule has 7 heteroatoms. The average molecular weight is 293 g/mol. The van der Waals surface area contributed by atoms with Gasteiger partial charge in [-0.05, 0) is 24.8 Å². The molecule has 20 heavy (non-hydrogen) atoms. The van der Waals surface area contributed by atoms with Gasteiger partial charge < -0.3 is 15.5 Å². The lowest BCUT2D eigenvalue weighted by Crippen LogP contribution is -2.60. The molecule has 2 aliphatic heterocycles. The summed E-state index contributed by atoms with van der Waals surface area (Å²) in [6.45, 7) is 2.08. The molecule has 2 aliphatic rings. The zero-order valence-electron chi connectivity index (χ0n) is 11.0. The van der Waals surface area contributed by atoms with Gasteiger partial charge in [0, 0.05) is 12.6 Å². The molecule has 106 valence electrons. The molecule has 2 N–H and O–H groups in total. The van der Waals surface area contributed by atoms with Crippen LogP contribution in [0, 0.1) is 0 Å². The van der Waals surface area contributed by atoms with Crippen LogP contribution in [-0.2, 0) is 9.59 Å². The molecule has 2 fully saturated rings. The maximum atomic E-state index is 12.0. The fourth-order valence-electron chi connectivity index (χ4n) is 2.72. The van der Waals surface area contributed by atoms with Gasteiger partial charge in [-0.2, -0.15) is 0 Å². The van der Waals surface area contributed by atoms with Crippen LogP contribution in [0.5, 0.6) is 0 Å². The number of nitrogens with one attached hydrogen (secondary N) is 2. The van der Waals surface area contributed by atoms with E-state index in [2.05, 4.69) is 10.6 Å². The zero-order valence-corrected chi connectivity index (χ0v) is 11.8. The molecule has 0 unspecified atom stereocenters. The smallest absolute Gasteiger partial charge is 0.261 e. The van der Waals surface area contributed by atoms with Gasteiger partial charge >= 0.3 is 0 Å². The molecule has 0 saturated carbocycles. The van der Waals surface area contributed by atoms with E-state index >= 15 is 0 Å². The molecule has 2 saturated heterocycles. The van der Waals surface area contributed by atoms with Crippen LogP contribution in [0.3, 0.4) is 0 Å². The predicted octanol–water partition coefficient (Wildman–Crippen LogP) is -0.0343. The molecule has 0 bridgehead atoms. The fraction of sp³-hybridized carbons (Fsp3) is 0.462. The van der Waals surface area contributed by atoms with Crippen molar-refractivity contribution in [1.82, 2.24) is 15.5 Å². The van der Waals surface area contributed by atoms with Gasteiger partial charge in [0.2, 0.25) is 11.8 Å². The second-order valence-corrected chi connectivity index (χ2v) is 6.07.